The third kappa shape index (κ3) is 4.12. The highest BCUT2D eigenvalue weighted by atomic mass is 16.5. The minimum Gasteiger partial charge on any atom is -0.383 e. The van der Waals surface area contributed by atoms with Gasteiger partial charge in [0.2, 0.25) is 5.91 Å². The summed E-state index contributed by atoms with van der Waals surface area (Å²) in [6, 6.07) is -0.235. The Morgan fingerprint density at radius 2 is 2.33 bits per heavy atom. The number of nitrogens with zero attached hydrogens (tertiary/aromatic N) is 2. The summed E-state index contributed by atoms with van der Waals surface area (Å²) >= 11 is 0. The molecule has 1 aromatic rings. The fourth-order valence-electron chi connectivity index (χ4n) is 1.50. The number of aromatic nitrogens is 2. The molecule has 6 nitrogen and oxygen atoms in total. The van der Waals surface area contributed by atoms with Gasteiger partial charge in [0.25, 0.3) is 0 Å². The molecule has 1 atom stereocenters. The average molecular weight is 254 g/mol. The summed E-state index contributed by atoms with van der Waals surface area (Å²) in [5.41, 5.74) is 2.21. The van der Waals surface area contributed by atoms with E-state index < -0.39 is 0 Å². The van der Waals surface area contributed by atoms with Crippen LogP contribution in [0.5, 0.6) is 0 Å². The van der Waals surface area contributed by atoms with Crippen LogP contribution < -0.4 is 10.6 Å². The van der Waals surface area contributed by atoms with Crippen molar-refractivity contribution in [2.24, 2.45) is 7.05 Å². The molecule has 1 aromatic heterocycles. The topological polar surface area (TPSA) is 68.2 Å². The van der Waals surface area contributed by atoms with Gasteiger partial charge in [-0.3, -0.25) is 9.48 Å². The van der Waals surface area contributed by atoms with Crippen molar-refractivity contribution in [3.63, 3.8) is 0 Å². The van der Waals surface area contributed by atoms with E-state index in [-0.39, 0.29) is 11.9 Å². The zero-order chi connectivity index (χ0) is 13.5. The Morgan fingerprint density at radius 1 is 1.61 bits per heavy atom. The normalized spacial score (nSPS) is 12.4. The van der Waals surface area contributed by atoms with Crippen molar-refractivity contribution in [1.82, 2.24) is 20.4 Å². The van der Waals surface area contributed by atoms with E-state index in [0.717, 1.165) is 11.3 Å². The molecule has 0 bridgehead atoms. The van der Waals surface area contributed by atoms with Gasteiger partial charge >= 0.3 is 0 Å². The fourth-order valence-corrected chi connectivity index (χ4v) is 1.50. The second-order valence-corrected chi connectivity index (χ2v) is 4.27. The molecule has 0 spiro atoms. The van der Waals surface area contributed by atoms with Crippen molar-refractivity contribution in [1.29, 1.82) is 0 Å². The predicted molar refractivity (Wildman–Crippen MR) is 69.1 cm³/mol. The summed E-state index contributed by atoms with van der Waals surface area (Å²) in [6.45, 7) is 5.55. The van der Waals surface area contributed by atoms with E-state index in [0.29, 0.717) is 19.7 Å². The number of aryl methyl sites for hydroxylation is 1. The number of hydrogen-bond acceptors (Lipinski definition) is 4. The van der Waals surface area contributed by atoms with Gasteiger partial charge in [-0.25, -0.2) is 0 Å². The number of carbonyl (C=O) groups excluding carboxylic acids is 1. The number of nitrogens with one attached hydrogen (secondary N) is 2. The maximum absolute atomic E-state index is 11.7. The molecule has 102 valence electrons. The summed E-state index contributed by atoms with van der Waals surface area (Å²) < 4.78 is 6.69. The van der Waals surface area contributed by atoms with Crippen LogP contribution in [-0.4, -0.2) is 42.0 Å². The van der Waals surface area contributed by atoms with Gasteiger partial charge in [0, 0.05) is 38.5 Å². The quantitative estimate of drug-likeness (QED) is 0.671. The van der Waals surface area contributed by atoms with Crippen LogP contribution in [0, 0.1) is 6.92 Å². The fraction of sp³-hybridized carbons (Fsp3) is 0.667. The van der Waals surface area contributed by atoms with Crippen molar-refractivity contribution in [3.8, 4) is 0 Å². The third-order valence-electron chi connectivity index (χ3n) is 2.93. The van der Waals surface area contributed by atoms with Crippen LogP contribution in [0.1, 0.15) is 18.2 Å². The van der Waals surface area contributed by atoms with Gasteiger partial charge in [0.15, 0.2) is 0 Å². The highest BCUT2D eigenvalue weighted by molar-refractivity contribution is 5.81. The molecule has 6 heteroatoms. The Hall–Kier alpha value is -1.40. The lowest BCUT2D eigenvalue weighted by atomic mass is 10.2. The molecule has 0 saturated heterocycles. The number of carbonyl (C=O) groups is 1. The smallest absolute Gasteiger partial charge is 0.236 e. The van der Waals surface area contributed by atoms with Crippen molar-refractivity contribution in [2.45, 2.75) is 26.4 Å². The Labute approximate surface area is 108 Å². The minimum absolute atomic E-state index is 0.0198. The van der Waals surface area contributed by atoms with Crippen LogP contribution in [0.3, 0.4) is 0 Å². The average Bonchev–Trinajstić information content (AvgIpc) is 2.67. The van der Waals surface area contributed by atoms with Crippen LogP contribution in [0.25, 0.3) is 0 Å². The van der Waals surface area contributed by atoms with Gasteiger partial charge in [-0.05, 0) is 13.8 Å². The van der Waals surface area contributed by atoms with Gasteiger partial charge in [0.1, 0.15) is 0 Å². The van der Waals surface area contributed by atoms with E-state index in [1.54, 1.807) is 7.11 Å². The van der Waals surface area contributed by atoms with Crippen molar-refractivity contribution >= 4 is 5.91 Å². The molecule has 1 amide bonds. The summed E-state index contributed by atoms with van der Waals surface area (Å²) in [7, 11) is 3.51. The highest BCUT2D eigenvalue weighted by Crippen LogP contribution is 2.04. The van der Waals surface area contributed by atoms with E-state index in [1.165, 1.54) is 0 Å². The van der Waals surface area contributed by atoms with Crippen LogP contribution in [0.15, 0.2) is 6.20 Å². The second-order valence-electron chi connectivity index (χ2n) is 4.27. The summed E-state index contributed by atoms with van der Waals surface area (Å²) in [6.07, 6.45) is 1.82. The third-order valence-corrected chi connectivity index (χ3v) is 2.93. The highest BCUT2D eigenvalue weighted by Gasteiger charge is 2.12. The lowest BCUT2D eigenvalue weighted by Gasteiger charge is -2.13. The first-order valence-corrected chi connectivity index (χ1v) is 6.03. The number of amides is 1. The molecule has 0 aliphatic heterocycles. The number of hydrogen-bond donors (Lipinski definition) is 2. The molecular formula is C12H22N4O2. The largest absolute Gasteiger partial charge is 0.383 e. The molecule has 0 aromatic carbocycles. The van der Waals surface area contributed by atoms with Crippen LogP contribution in [-0.2, 0) is 23.1 Å². The standard InChI is InChI=1S/C12H22N4O2/c1-9(12(17)13-5-6-18-4)14-7-11-8-15-16(3)10(11)2/h8-9,14H,5-7H2,1-4H3,(H,13,17). The van der Waals surface area contributed by atoms with E-state index in [9.17, 15) is 4.79 Å². The summed E-state index contributed by atoms with van der Waals surface area (Å²) in [5, 5.41) is 10.1. The summed E-state index contributed by atoms with van der Waals surface area (Å²) in [5.74, 6) is -0.0198. The Bertz CT molecular complexity index is 389. The second kappa shape index (κ2) is 7.13. The molecule has 2 N–H and O–H groups in total. The zero-order valence-electron chi connectivity index (χ0n) is 11.5. The SMILES string of the molecule is COCCNC(=O)C(C)NCc1cnn(C)c1C. The first kappa shape index (κ1) is 14.7. The van der Waals surface area contributed by atoms with Gasteiger partial charge in [-0.2, -0.15) is 5.10 Å². The van der Waals surface area contributed by atoms with E-state index in [2.05, 4.69) is 15.7 Å². The summed E-state index contributed by atoms with van der Waals surface area (Å²) in [4.78, 5) is 11.7. The number of rotatable bonds is 7. The molecule has 0 saturated carbocycles. The maximum atomic E-state index is 11.7. The zero-order valence-corrected chi connectivity index (χ0v) is 11.5. The molecule has 1 heterocycles. The lowest BCUT2D eigenvalue weighted by Crippen LogP contribution is -2.42. The Kier molecular flexibility index (Phi) is 5.80. The number of methoxy groups -OCH3 is 1. The molecule has 18 heavy (non-hydrogen) atoms. The lowest BCUT2D eigenvalue weighted by molar-refractivity contribution is -0.122. The molecular weight excluding hydrogens is 232 g/mol. The van der Waals surface area contributed by atoms with E-state index >= 15 is 0 Å². The van der Waals surface area contributed by atoms with Gasteiger partial charge in [-0.15, -0.1) is 0 Å². The molecule has 0 aliphatic rings. The van der Waals surface area contributed by atoms with Gasteiger partial charge < -0.3 is 15.4 Å². The van der Waals surface area contributed by atoms with Gasteiger partial charge in [0.05, 0.1) is 18.8 Å². The minimum atomic E-state index is -0.235. The van der Waals surface area contributed by atoms with Gasteiger partial charge in [-0.1, -0.05) is 0 Å². The van der Waals surface area contributed by atoms with E-state index in [4.69, 9.17) is 4.74 Å². The first-order valence-electron chi connectivity index (χ1n) is 6.03. The molecule has 0 fully saturated rings. The van der Waals surface area contributed by atoms with Crippen molar-refractivity contribution in [2.75, 3.05) is 20.3 Å². The number of ether oxygens (including phenoxy) is 1. The van der Waals surface area contributed by atoms with Crippen LogP contribution >= 0.6 is 0 Å². The van der Waals surface area contributed by atoms with Crippen molar-refractivity contribution in [3.05, 3.63) is 17.5 Å². The van der Waals surface area contributed by atoms with Crippen LogP contribution in [0.4, 0.5) is 0 Å². The maximum Gasteiger partial charge on any atom is 0.236 e. The monoisotopic (exact) mass is 254 g/mol. The molecule has 0 radical (unpaired) electrons. The molecule has 0 aliphatic carbocycles. The first-order chi connectivity index (χ1) is 8.56. The molecule has 1 rings (SSSR count). The Balaban J connectivity index is 2.34. The van der Waals surface area contributed by atoms with Crippen LogP contribution in [0.2, 0.25) is 0 Å². The Morgan fingerprint density at radius 3 is 2.89 bits per heavy atom. The van der Waals surface area contributed by atoms with E-state index in [1.807, 2.05) is 31.8 Å². The molecule has 1 unspecified atom stereocenters. The van der Waals surface area contributed by atoms with Crippen molar-refractivity contribution < 1.29 is 9.53 Å². The predicted octanol–water partition coefficient (Wildman–Crippen LogP) is -0.0308.